The highest BCUT2D eigenvalue weighted by Gasteiger charge is 2.25. The van der Waals surface area contributed by atoms with Crippen LogP contribution in [0.15, 0.2) is 0 Å². The van der Waals surface area contributed by atoms with Gasteiger partial charge in [0, 0.05) is 0 Å². The van der Waals surface area contributed by atoms with E-state index < -0.39 is 5.92 Å². The number of esters is 1. The minimum atomic E-state index is -0.596. The van der Waals surface area contributed by atoms with Gasteiger partial charge in [-0.2, -0.15) is 5.26 Å². The normalized spacial score (nSPS) is 14.0. The standard InChI is InChI=1S/C12H21NO2/c1-4-6-7-8-10(3)11(9-13)12(14)15-5-2/h10-11H,4-8H2,1-3H3/t10-,11-/m1/s1. The molecule has 0 unspecified atom stereocenters. The van der Waals surface area contributed by atoms with Crippen LogP contribution in [0.1, 0.15) is 46.5 Å². The molecule has 0 aromatic heterocycles. The van der Waals surface area contributed by atoms with Crippen LogP contribution in [0.4, 0.5) is 0 Å². The quantitative estimate of drug-likeness (QED) is 0.480. The first-order valence-electron chi connectivity index (χ1n) is 5.73. The Morgan fingerprint density at radius 2 is 2.07 bits per heavy atom. The zero-order valence-electron chi connectivity index (χ0n) is 9.95. The van der Waals surface area contributed by atoms with Gasteiger partial charge in [0.25, 0.3) is 0 Å². The Balaban J connectivity index is 4.05. The van der Waals surface area contributed by atoms with E-state index in [1.165, 1.54) is 0 Å². The van der Waals surface area contributed by atoms with E-state index in [4.69, 9.17) is 10.00 Å². The fraction of sp³-hybridized carbons (Fsp3) is 0.833. The average Bonchev–Trinajstić information content (AvgIpc) is 2.19. The maximum atomic E-state index is 11.4. The van der Waals surface area contributed by atoms with E-state index in [-0.39, 0.29) is 11.9 Å². The molecule has 0 spiro atoms. The van der Waals surface area contributed by atoms with Gasteiger partial charge in [0.05, 0.1) is 12.7 Å². The lowest BCUT2D eigenvalue weighted by molar-refractivity contribution is -0.147. The monoisotopic (exact) mass is 211 g/mol. The maximum absolute atomic E-state index is 11.4. The van der Waals surface area contributed by atoms with E-state index in [0.717, 1.165) is 25.7 Å². The molecule has 0 saturated heterocycles. The van der Waals surface area contributed by atoms with Crippen LogP contribution >= 0.6 is 0 Å². The van der Waals surface area contributed by atoms with Crippen molar-refractivity contribution in [2.45, 2.75) is 46.5 Å². The number of hydrogen-bond donors (Lipinski definition) is 0. The summed E-state index contributed by atoms with van der Waals surface area (Å²) in [5.74, 6) is -0.869. The van der Waals surface area contributed by atoms with Gasteiger partial charge < -0.3 is 4.74 Å². The summed E-state index contributed by atoms with van der Waals surface area (Å²) in [5, 5.41) is 8.90. The molecule has 0 aromatic carbocycles. The van der Waals surface area contributed by atoms with Crippen LogP contribution in [0.3, 0.4) is 0 Å². The largest absolute Gasteiger partial charge is 0.465 e. The van der Waals surface area contributed by atoms with E-state index in [2.05, 4.69) is 6.92 Å². The minimum Gasteiger partial charge on any atom is -0.465 e. The molecule has 0 N–H and O–H groups in total. The molecule has 0 aliphatic heterocycles. The molecule has 15 heavy (non-hydrogen) atoms. The van der Waals surface area contributed by atoms with Crippen molar-refractivity contribution in [3.05, 3.63) is 0 Å². The van der Waals surface area contributed by atoms with Gasteiger partial charge in [-0.15, -0.1) is 0 Å². The average molecular weight is 211 g/mol. The lowest BCUT2D eigenvalue weighted by Crippen LogP contribution is -2.22. The van der Waals surface area contributed by atoms with Crippen molar-refractivity contribution >= 4 is 5.97 Å². The number of carbonyl (C=O) groups excluding carboxylic acids is 1. The van der Waals surface area contributed by atoms with Gasteiger partial charge in [0.2, 0.25) is 0 Å². The second kappa shape index (κ2) is 8.28. The van der Waals surface area contributed by atoms with Gasteiger partial charge in [-0.05, 0) is 19.3 Å². The molecule has 0 rings (SSSR count). The molecule has 0 radical (unpaired) electrons. The van der Waals surface area contributed by atoms with E-state index in [0.29, 0.717) is 6.61 Å². The second-order valence-corrected chi connectivity index (χ2v) is 3.83. The maximum Gasteiger partial charge on any atom is 0.323 e. The number of ether oxygens (including phenoxy) is 1. The van der Waals surface area contributed by atoms with Gasteiger partial charge in [-0.1, -0.05) is 33.1 Å². The number of unbranched alkanes of at least 4 members (excludes halogenated alkanes) is 2. The molecule has 3 heteroatoms. The van der Waals surface area contributed by atoms with E-state index in [1.54, 1.807) is 6.92 Å². The molecule has 0 heterocycles. The predicted molar refractivity (Wildman–Crippen MR) is 59.0 cm³/mol. The fourth-order valence-corrected chi connectivity index (χ4v) is 1.53. The summed E-state index contributed by atoms with van der Waals surface area (Å²) in [6.45, 7) is 6.19. The summed E-state index contributed by atoms with van der Waals surface area (Å²) < 4.78 is 4.86. The number of nitriles is 1. The van der Waals surface area contributed by atoms with Crippen LogP contribution in [0.2, 0.25) is 0 Å². The third-order valence-corrected chi connectivity index (χ3v) is 2.51. The van der Waals surface area contributed by atoms with Crippen molar-refractivity contribution < 1.29 is 9.53 Å². The Kier molecular flexibility index (Phi) is 7.71. The molecule has 0 aliphatic carbocycles. The summed E-state index contributed by atoms with van der Waals surface area (Å²) >= 11 is 0. The Bertz CT molecular complexity index is 220. The number of rotatable bonds is 7. The van der Waals surface area contributed by atoms with Crippen LogP contribution in [0.25, 0.3) is 0 Å². The highest BCUT2D eigenvalue weighted by molar-refractivity contribution is 5.75. The first kappa shape index (κ1) is 14.0. The van der Waals surface area contributed by atoms with Gasteiger partial charge in [-0.25, -0.2) is 0 Å². The Hall–Kier alpha value is -1.04. The molecule has 0 aliphatic rings. The number of nitrogens with zero attached hydrogens (tertiary/aromatic N) is 1. The molecular formula is C12H21NO2. The first-order chi connectivity index (χ1) is 7.17. The molecule has 0 saturated carbocycles. The third-order valence-electron chi connectivity index (χ3n) is 2.51. The van der Waals surface area contributed by atoms with Crippen LogP contribution < -0.4 is 0 Å². The smallest absolute Gasteiger partial charge is 0.323 e. The minimum absolute atomic E-state index is 0.0978. The zero-order valence-corrected chi connectivity index (χ0v) is 9.95. The van der Waals surface area contributed by atoms with Crippen molar-refractivity contribution in [1.29, 1.82) is 5.26 Å². The topological polar surface area (TPSA) is 50.1 Å². The molecule has 2 atom stereocenters. The van der Waals surface area contributed by atoms with E-state index >= 15 is 0 Å². The summed E-state index contributed by atoms with van der Waals surface area (Å²) in [6.07, 6.45) is 4.31. The zero-order chi connectivity index (χ0) is 11.7. The summed E-state index contributed by atoms with van der Waals surface area (Å²) in [6, 6.07) is 2.04. The lowest BCUT2D eigenvalue weighted by atomic mass is 9.90. The highest BCUT2D eigenvalue weighted by Crippen LogP contribution is 2.19. The van der Waals surface area contributed by atoms with Crippen molar-refractivity contribution in [3.8, 4) is 6.07 Å². The molecular weight excluding hydrogens is 190 g/mol. The van der Waals surface area contributed by atoms with Gasteiger partial charge in [0.1, 0.15) is 5.92 Å². The van der Waals surface area contributed by atoms with Crippen LogP contribution in [-0.4, -0.2) is 12.6 Å². The van der Waals surface area contributed by atoms with Crippen LogP contribution in [0.5, 0.6) is 0 Å². The number of carbonyl (C=O) groups is 1. The summed E-state index contributed by atoms with van der Waals surface area (Å²) in [7, 11) is 0. The van der Waals surface area contributed by atoms with Crippen LogP contribution in [0, 0.1) is 23.2 Å². The molecule has 0 amide bonds. The van der Waals surface area contributed by atoms with Crippen molar-refractivity contribution in [2.24, 2.45) is 11.8 Å². The third kappa shape index (κ3) is 5.41. The molecule has 0 aromatic rings. The van der Waals surface area contributed by atoms with Crippen molar-refractivity contribution in [3.63, 3.8) is 0 Å². The predicted octanol–water partition coefficient (Wildman–Crippen LogP) is 2.91. The first-order valence-corrected chi connectivity index (χ1v) is 5.73. The van der Waals surface area contributed by atoms with Gasteiger partial charge in [0.15, 0.2) is 0 Å². The summed E-state index contributed by atoms with van der Waals surface area (Å²) in [4.78, 5) is 11.4. The van der Waals surface area contributed by atoms with Crippen molar-refractivity contribution in [1.82, 2.24) is 0 Å². The Morgan fingerprint density at radius 3 is 2.53 bits per heavy atom. The molecule has 86 valence electrons. The van der Waals surface area contributed by atoms with E-state index in [9.17, 15) is 4.79 Å². The molecule has 0 fully saturated rings. The molecule has 0 bridgehead atoms. The number of hydrogen-bond acceptors (Lipinski definition) is 3. The van der Waals surface area contributed by atoms with Gasteiger partial charge >= 0.3 is 5.97 Å². The SMILES string of the molecule is CCCCC[C@@H](C)[C@@H](C#N)C(=O)OCC. The lowest BCUT2D eigenvalue weighted by Gasteiger charge is -2.15. The fourth-order valence-electron chi connectivity index (χ4n) is 1.53. The second-order valence-electron chi connectivity index (χ2n) is 3.83. The Morgan fingerprint density at radius 1 is 1.40 bits per heavy atom. The Labute approximate surface area is 92.4 Å². The van der Waals surface area contributed by atoms with E-state index in [1.807, 2.05) is 13.0 Å². The van der Waals surface area contributed by atoms with Crippen LogP contribution in [-0.2, 0) is 9.53 Å². The van der Waals surface area contributed by atoms with Crippen molar-refractivity contribution in [2.75, 3.05) is 6.61 Å². The molecule has 3 nitrogen and oxygen atoms in total. The van der Waals surface area contributed by atoms with Gasteiger partial charge in [-0.3, -0.25) is 4.79 Å². The summed E-state index contributed by atoms with van der Waals surface area (Å²) in [5.41, 5.74) is 0. The highest BCUT2D eigenvalue weighted by atomic mass is 16.5.